The number of aliphatic hydroxyl groups excluding tert-OH is 1. The van der Waals surface area contributed by atoms with Gasteiger partial charge in [0.25, 0.3) is 0 Å². The van der Waals surface area contributed by atoms with Gasteiger partial charge in [0.15, 0.2) is 5.65 Å². The lowest BCUT2D eigenvalue weighted by Gasteiger charge is -2.26. The number of benzene rings is 1. The van der Waals surface area contributed by atoms with Crippen LogP contribution in [0.2, 0.25) is 10.0 Å². The Bertz CT molecular complexity index is 1300. The summed E-state index contributed by atoms with van der Waals surface area (Å²) in [7, 11) is 0. The molecule has 1 saturated carbocycles. The number of carbonyl (C=O) groups is 1. The van der Waals surface area contributed by atoms with Crippen LogP contribution in [0.3, 0.4) is 0 Å². The van der Waals surface area contributed by atoms with Crippen LogP contribution in [0.4, 0.5) is 17.6 Å². The van der Waals surface area contributed by atoms with E-state index in [0.29, 0.717) is 47.2 Å². The molecule has 1 aliphatic carbocycles. The highest BCUT2D eigenvalue weighted by molar-refractivity contribution is 6.39. The molecule has 0 saturated heterocycles. The smallest absolute Gasteiger partial charge is 0.224 e. The van der Waals surface area contributed by atoms with Gasteiger partial charge in [-0.1, -0.05) is 36.5 Å². The lowest BCUT2D eigenvalue weighted by molar-refractivity contribution is -0.118. The summed E-state index contributed by atoms with van der Waals surface area (Å²) in [5.74, 6) is 0.496. The number of amides is 1. The molecule has 2 aromatic heterocycles. The van der Waals surface area contributed by atoms with Gasteiger partial charge >= 0.3 is 0 Å². The molecular formula is C25H30Cl2N8O2. The summed E-state index contributed by atoms with van der Waals surface area (Å²) in [5, 5.41) is 26.4. The second-order valence-corrected chi connectivity index (χ2v) is 10.2. The normalized spacial score (nSPS) is 18.4. The molecule has 0 unspecified atom stereocenters. The number of imidazole rings is 1. The number of nitriles is 1. The molecule has 1 amide bonds. The number of aliphatic hydroxyl groups is 1. The molecule has 12 heteroatoms. The number of nitrogens with zero attached hydrogens (tertiary/aromatic N) is 5. The van der Waals surface area contributed by atoms with E-state index in [-0.39, 0.29) is 40.6 Å². The first kappa shape index (κ1) is 26.9. The highest BCUT2D eigenvalue weighted by Gasteiger charge is 2.25. The van der Waals surface area contributed by atoms with Crippen LogP contribution >= 0.6 is 23.2 Å². The molecule has 1 fully saturated rings. The monoisotopic (exact) mass is 544 g/mol. The maximum atomic E-state index is 11.6. The second kappa shape index (κ2) is 11.9. The summed E-state index contributed by atoms with van der Waals surface area (Å²) < 4.78 is 1.94. The molecule has 3 aromatic rings. The van der Waals surface area contributed by atoms with Crippen molar-refractivity contribution in [3.8, 4) is 6.07 Å². The molecule has 0 radical (unpaired) electrons. The van der Waals surface area contributed by atoms with Crippen molar-refractivity contribution in [2.45, 2.75) is 76.5 Å². The third kappa shape index (κ3) is 6.42. The lowest BCUT2D eigenvalue weighted by Crippen LogP contribution is -2.30. The summed E-state index contributed by atoms with van der Waals surface area (Å²) in [6, 6.07) is 5.03. The third-order valence-electron chi connectivity index (χ3n) is 6.53. The fourth-order valence-electron chi connectivity index (χ4n) is 4.79. The number of hydrogen-bond donors (Lipinski definition) is 4. The minimum atomic E-state index is -0.383. The first-order chi connectivity index (χ1) is 17.8. The topological polar surface area (TPSA) is 155 Å². The molecule has 0 spiro atoms. The van der Waals surface area contributed by atoms with Gasteiger partial charge in [0.05, 0.1) is 39.7 Å². The van der Waals surface area contributed by atoms with Gasteiger partial charge in [-0.05, 0) is 50.7 Å². The Kier molecular flexibility index (Phi) is 8.69. The summed E-state index contributed by atoms with van der Waals surface area (Å²) in [5.41, 5.74) is 7.36. The molecule has 5 N–H and O–H groups in total. The lowest BCUT2D eigenvalue weighted by atomic mass is 9.93. The van der Waals surface area contributed by atoms with Gasteiger partial charge < -0.3 is 21.5 Å². The van der Waals surface area contributed by atoms with Crippen LogP contribution in [0.25, 0.3) is 11.2 Å². The number of fused-ring (bicyclic) bond motifs is 1. The van der Waals surface area contributed by atoms with Crippen molar-refractivity contribution >= 4 is 57.9 Å². The van der Waals surface area contributed by atoms with E-state index in [0.717, 1.165) is 32.1 Å². The Morgan fingerprint density at radius 2 is 2.05 bits per heavy atom. The summed E-state index contributed by atoms with van der Waals surface area (Å²) in [4.78, 5) is 25.6. The minimum Gasteiger partial charge on any atom is -0.393 e. The highest BCUT2D eigenvalue weighted by Crippen LogP contribution is 2.37. The number of carbonyl (C=O) groups excluding carboxylic acids is 1. The molecule has 10 nitrogen and oxygen atoms in total. The number of anilines is 3. The Hall–Kier alpha value is -3.13. The minimum absolute atomic E-state index is 0.0766. The van der Waals surface area contributed by atoms with Crippen LogP contribution in [0.15, 0.2) is 18.3 Å². The Morgan fingerprint density at radius 1 is 1.30 bits per heavy atom. The molecule has 1 aliphatic rings. The molecule has 0 bridgehead atoms. The number of halogens is 2. The zero-order valence-electron chi connectivity index (χ0n) is 20.5. The van der Waals surface area contributed by atoms with Crippen molar-refractivity contribution in [3.05, 3.63) is 33.9 Å². The van der Waals surface area contributed by atoms with Crippen LogP contribution in [-0.4, -0.2) is 42.7 Å². The average Bonchev–Trinajstić information content (AvgIpc) is 3.21. The van der Waals surface area contributed by atoms with Crippen LogP contribution < -0.4 is 16.4 Å². The van der Waals surface area contributed by atoms with Crippen molar-refractivity contribution in [1.82, 2.24) is 19.5 Å². The SMILES string of the molecule is CCC[C@@H](CCC(N)=O)n1c(Nc2c(Cl)cc(C#N)cc2Cl)nc2cnc(N[C@@H]3CCC[C@H](O)C3)nc21. The van der Waals surface area contributed by atoms with E-state index in [2.05, 4.69) is 22.5 Å². The van der Waals surface area contributed by atoms with Crippen molar-refractivity contribution in [3.63, 3.8) is 0 Å². The Morgan fingerprint density at radius 3 is 2.70 bits per heavy atom. The Balaban J connectivity index is 1.77. The molecule has 1 aromatic carbocycles. The van der Waals surface area contributed by atoms with Crippen LogP contribution in [0.5, 0.6) is 0 Å². The highest BCUT2D eigenvalue weighted by atomic mass is 35.5. The standard InChI is InChI=1S/C25H30Cl2N8O2/c1-2-4-16(7-8-21(29)37)35-23-20(13-30-24(34-23)31-15-5-3-6-17(36)11-15)32-25(35)33-22-18(26)9-14(12-28)10-19(22)27/h9-10,13,15-17,36H,2-8,11H2,1H3,(H2,29,37)(H,32,33)(H,30,31,34)/t15-,16+,17+/m1/s1. The maximum Gasteiger partial charge on any atom is 0.224 e. The fourth-order valence-corrected chi connectivity index (χ4v) is 5.37. The van der Waals surface area contributed by atoms with E-state index in [4.69, 9.17) is 38.9 Å². The number of rotatable bonds is 10. The van der Waals surface area contributed by atoms with Gasteiger partial charge in [0.1, 0.15) is 5.52 Å². The fraction of sp³-hybridized carbons (Fsp3) is 0.480. The van der Waals surface area contributed by atoms with E-state index in [1.165, 1.54) is 12.1 Å². The molecule has 3 atom stereocenters. The van der Waals surface area contributed by atoms with E-state index in [1.807, 2.05) is 10.6 Å². The van der Waals surface area contributed by atoms with E-state index in [9.17, 15) is 15.2 Å². The molecule has 0 aliphatic heterocycles. The Labute approximate surface area is 225 Å². The van der Waals surface area contributed by atoms with Crippen molar-refractivity contribution < 1.29 is 9.90 Å². The van der Waals surface area contributed by atoms with Crippen LogP contribution in [0, 0.1) is 11.3 Å². The first-order valence-electron chi connectivity index (χ1n) is 12.4. The maximum absolute atomic E-state index is 11.6. The van der Waals surface area contributed by atoms with E-state index in [1.54, 1.807) is 6.20 Å². The summed E-state index contributed by atoms with van der Waals surface area (Å²) in [6.45, 7) is 2.06. The van der Waals surface area contributed by atoms with Crippen molar-refractivity contribution in [2.24, 2.45) is 5.73 Å². The third-order valence-corrected chi connectivity index (χ3v) is 7.13. The van der Waals surface area contributed by atoms with Gasteiger partial charge in [0.2, 0.25) is 17.8 Å². The van der Waals surface area contributed by atoms with Crippen molar-refractivity contribution in [1.29, 1.82) is 5.26 Å². The predicted molar refractivity (Wildman–Crippen MR) is 144 cm³/mol. The number of hydrogen-bond acceptors (Lipinski definition) is 8. The molecular weight excluding hydrogens is 515 g/mol. The van der Waals surface area contributed by atoms with Crippen LogP contribution in [0.1, 0.15) is 69.9 Å². The van der Waals surface area contributed by atoms with Gasteiger partial charge in [-0.15, -0.1) is 0 Å². The zero-order chi connectivity index (χ0) is 26.5. The zero-order valence-corrected chi connectivity index (χ0v) is 22.1. The molecule has 37 heavy (non-hydrogen) atoms. The van der Waals surface area contributed by atoms with Gasteiger partial charge in [-0.2, -0.15) is 10.2 Å². The molecule has 2 heterocycles. The number of primary amides is 1. The van der Waals surface area contributed by atoms with Gasteiger partial charge in [-0.25, -0.2) is 9.97 Å². The van der Waals surface area contributed by atoms with Crippen molar-refractivity contribution in [2.75, 3.05) is 10.6 Å². The summed E-state index contributed by atoms with van der Waals surface area (Å²) in [6.07, 6.45) is 6.94. The molecule has 4 rings (SSSR count). The quantitative estimate of drug-likeness (QED) is 0.275. The van der Waals surface area contributed by atoms with Crippen LogP contribution in [-0.2, 0) is 4.79 Å². The summed E-state index contributed by atoms with van der Waals surface area (Å²) >= 11 is 12.9. The van der Waals surface area contributed by atoms with Gasteiger partial charge in [-0.3, -0.25) is 9.36 Å². The number of nitrogens with two attached hydrogens (primary N) is 1. The predicted octanol–water partition coefficient (Wildman–Crippen LogP) is 5.07. The number of aromatic nitrogens is 4. The second-order valence-electron chi connectivity index (χ2n) is 9.37. The van der Waals surface area contributed by atoms with Gasteiger partial charge in [0, 0.05) is 18.5 Å². The number of nitrogens with one attached hydrogen (secondary N) is 2. The molecule has 196 valence electrons. The van der Waals surface area contributed by atoms with E-state index < -0.39 is 0 Å². The average molecular weight is 545 g/mol. The van der Waals surface area contributed by atoms with E-state index >= 15 is 0 Å². The largest absolute Gasteiger partial charge is 0.393 e. The first-order valence-corrected chi connectivity index (χ1v) is 13.2.